The van der Waals surface area contributed by atoms with Gasteiger partial charge < -0.3 is 10.6 Å². The second-order valence-corrected chi connectivity index (χ2v) is 4.90. The molecule has 0 aliphatic carbocycles. The summed E-state index contributed by atoms with van der Waals surface area (Å²) in [7, 11) is 0. The largest absolute Gasteiger partial charge is 0.393 e. The molecule has 2 N–H and O–H groups in total. The predicted octanol–water partition coefficient (Wildman–Crippen LogP) is 2.41. The molecule has 0 heterocycles. The number of carbonyl (C=O) groups excluding carboxylic acids is 1. The molecular weight excluding hydrogens is 244 g/mol. The Labute approximate surface area is 114 Å². The van der Waals surface area contributed by atoms with Crippen molar-refractivity contribution in [3.63, 3.8) is 0 Å². The smallest absolute Gasteiger partial charge is 0.222 e. The van der Waals surface area contributed by atoms with Gasteiger partial charge in [-0.05, 0) is 12.5 Å². The molecule has 0 aliphatic rings. The van der Waals surface area contributed by atoms with E-state index in [1.165, 1.54) is 5.56 Å². The molecule has 0 bridgehead atoms. The second kappa shape index (κ2) is 7.11. The molecule has 1 amide bonds. The van der Waals surface area contributed by atoms with E-state index in [0.29, 0.717) is 30.9 Å². The lowest BCUT2D eigenvalue weighted by molar-refractivity contribution is -0.131. The molecule has 1 rings (SSSR count). The fourth-order valence-corrected chi connectivity index (χ4v) is 1.77. The normalized spacial score (nSPS) is 10.1. The van der Waals surface area contributed by atoms with Crippen LogP contribution in [-0.2, 0) is 11.3 Å². The van der Waals surface area contributed by atoms with Gasteiger partial charge in [0.25, 0.3) is 0 Å². The van der Waals surface area contributed by atoms with E-state index in [1.807, 2.05) is 30.9 Å². The van der Waals surface area contributed by atoms with Gasteiger partial charge in [0.2, 0.25) is 5.91 Å². The molecule has 18 heavy (non-hydrogen) atoms. The van der Waals surface area contributed by atoms with Crippen LogP contribution in [0.1, 0.15) is 30.9 Å². The van der Waals surface area contributed by atoms with Gasteiger partial charge in [0, 0.05) is 25.9 Å². The number of rotatable bonds is 6. The summed E-state index contributed by atoms with van der Waals surface area (Å²) in [6, 6.07) is 8.20. The molecule has 0 atom stereocenters. The number of amides is 1. The van der Waals surface area contributed by atoms with Crippen molar-refractivity contribution in [3.05, 3.63) is 35.4 Å². The number of hydrogen-bond donors (Lipinski definition) is 1. The van der Waals surface area contributed by atoms with Crippen LogP contribution in [0.3, 0.4) is 0 Å². The first-order chi connectivity index (χ1) is 8.52. The number of thiocarbonyl (C=S) groups is 1. The SMILES string of the molecule is CCC(=O)N(CCC(N)=S)Cc1ccc(C)cc1. The first-order valence-electron chi connectivity index (χ1n) is 6.14. The minimum Gasteiger partial charge on any atom is -0.393 e. The maximum absolute atomic E-state index is 11.8. The standard InChI is InChI=1S/C14H20N2OS/c1-3-14(17)16(9-8-13(15)18)10-12-6-4-11(2)5-7-12/h4-7H,3,8-10H2,1-2H3,(H2,15,18). The molecule has 0 spiro atoms. The van der Waals surface area contributed by atoms with Gasteiger partial charge in [-0.3, -0.25) is 4.79 Å². The monoisotopic (exact) mass is 264 g/mol. The van der Waals surface area contributed by atoms with E-state index in [4.69, 9.17) is 18.0 Å². The fourth-order valence-electron chi connectivity index (χ4n) is 1.67. The van der Waals surface area contributed by atoms with Crippen molar-refractivity contribution in [2.75, 3.05) is 6.54 Å². The molecule has 0 saturated heterocycles. The van der Waals surface area contributed by atoms with E-state index in [1.54, 1.807) is 0 Å². The van der Waals surface area contributed by atoms with Crippen LogP contribution < -0.4 is 5.73 Å². The van der Waals surface area contributed by atoms with Crippen LogP contribution in [0, 0.1) is 6.92 Å². The van der Waals surface area contributed by atoms with Crippen molar-refractivity contribution in [3.8, 4) is 0 Å². The zero-order valence-corrected chi connectivity index (χ0v) is 11.8. The Bertz CT molecular complexity index is 414. The third-order valence-corrected chi connectivity index (χ3v) is 2.98. The average Bonchev–Trinajstić information content (AvgIpc) is 2.35. The van der Waals surface area contributed by atoms with Gasteiger partial charge in [0.05, 0.1) is 4.99 Å². The molecule has 4 heteroatoms. The number of carbonyl (C=O) groups is 1. The number of nitrogens with zero attached hydrogens (tertiary/aromatic N) is 1. The lowest BCUT2D eigenvalue weighted by atomic mass is 10.1. The zero-order valence-electron chi connectivity index (χ0n) is 11.0. The van der Waals surface area contributed by atoms with Gasteiger partial charge in [-0.25, -0.2) is 0 Å². The summed E-state index contributed by atoms with van der Waals surface area (Å²) in [5.41, 5.74) is 7.84. The molecular formula is C14H20N2OS. The number of hydrogen-bond acceptors (Lipinski definition) is 2. The van der Waals surface area contributed by atoms with Crippen molar-refractivity contribution in [1.29, 1.82) is 0 Å². The third kappa shape index (κ3) is 4.84. The third-order valence-electron chi connectivity index (χ3n) is 2.78. The first kappa shape index (κ1) is 14.6. The lowest BCUT2D eigenvalue weighted by Gasteiger charge is -2.22. The quantitative estimate of drug-likeness (QED) is 0.803. The number of nitrogens with two attached hydrogens (primary N) is 1. The molecule has 0 saturated carbocycles. The lowest BCUT2D eigenvalue weighted by Crippen LogP contribution is -2.32. The molecule has 3 nitrogen and oxygen atoms in total. The Morgan fingerprint density at radius 1 is 1.33 bits per heavy atom. The highest BCUT2D eigenvalue weighted by molar-refractivity contribution is 7.80. The molecule has 1 aromatic carbocycles. The van der Waals surface area contributed by atoms with Crippen LogP contribution in [0.25, 0.3) is 0 Å². The van der Waals surface area contributed by atoms with Crippen LogP contribution in [0.2, 0.25) is 0 Å². The predicted molar refractivity (Wildman–Crippen MR) is 78.3 cm³/mol. The summed E-state index contributed by atoms with van der Waals surface area (Å²) in [6.45, 7) is 5.13. The molecule has 98 valence electrons. The summed E-state index contributed by atoms with van der Waals surface area (Å²) in [5.74, 6) is 0.131. The summed E-state index contributed by atoms with van der Waals surface area (Å²) < 4.78 is 0. The van der Waals surface area contributed by atoms with Crippen LogP contribution in [-0.4, -0.2) is 22.3 Å². The van der Waals surface area contributed by atoms with Crippen LogP contribution in [0.15, 0.2) is 24.3 Å². The van der Waals surface area contributed by atoms with Gasteiger partial charge in [0.1, 0.15) is 0 Å². The molecule has 0 aliphatic heterocycles. The van der Waals surface area contributed by atoms with Gasteiger partial charge >= 0.3 is 0 Å². The van der Waals surface area contributed by atoms with E-state index >= 15 is 0 Å². The topological polar surface area (TPSA) is 46.3 Å². The molecule has 0 unspecified atom stereocenters. The van der Waals surface area contributed by atoms with Crippen molar-refractivity contribution in [2.24, 2.45) is 5.73 Å². The van der Waals surface area contributed by atoms with Crippen molar-refractivity contribution < 1.29 is 4.79 Å². The maximum atomic E-state index is 11.8. The highest BCUT2D eigenvalue weighted by Crippen LogP contribution is 2.09. The van der Waals surface area contributed by atoms with E-state index in [0.717, 1.165) is 5.56 Å². The number of aryl methyl sites for hydroxylation is 1. The second-order valence-electron chi connectivity index (χ2n) is 4.37. The summed E-state index contributed by atoms with van der Waals surface area (Å²) in [5, 5.41) is 0. The summed E-state index contributed by atoms with van der Waals surface area (Å²) in [6.07, 6.45) is 1.08. The van der Waals surface area contributed by atoms with Crippen molar-refractivity contribution in [2.45, 2.75) is 33.2 Å². The Morgan fingerprint density at radius 2 is 1.94 bits per heavy atom. The average molecular weight is 264 g/mol. The zero-order chi connectivity index (χ0) is 13.5. The van der Waals surface area contributed by atoms with Crippen molar-refractivity contribution in [1.82, 2.24) is 4.90 Å². The minimum atomic E-state index is 0.131. The van der Waals surface area contributed by atoms with Crippen molar-refractivity contribution >= 4 is 23.1 Å². The van der Waals surface area contributed by atoms with E-state index in [-0.39, 0.29) is 5.91 Å². The Kier molecular flexibility index (Phi) is 5.78. The Hall–Kier alpha value is -1.42. The van der Waals surface area contributed by atoms with Crippen LogP contribution >= 0.6 is 12.2 Å². The van der Waals surface area contributed by atoms with Crippen LogP contribution in [0.4, 0.5) is 0 Å². The van der Waals surface area contributed by atoms with E-state index in [9.17, 15) is 4.79 Å². The van der Waals surface area contributed by atoms with Gasteiger partial charge in [0.15, 0.2) is 0 Å². The first-order valence-corrected chi connectivity index (χ1v) is 6.55. The molecule has 0 fully saturated rings. The molecule has 0 radical (unpaired) electrons. The van der Waals surface area contributed by atoms with Gasteiger partial charge in [-0.2, -0.15) is 0 Å². The Morgan fingerprint density at radius 3 is 2.44 bits per heavy atom. The molecule has 1 aromatic rings. The highest BCUT2D eigenvalue weighted by Gasteiger charge is 2.12. The Balaban J connectivity index is 2.68. The van der Waals surface area contributed by atoms with Gasteiger partial charge in [-0.1, -0.05) is 49.0 Å². The van der Waals surface area contributed by atoms with E-state index < -0.39 is 0 Å². The number of benzene rings is 1. The minimum absolute atomic E-state index is 0.131. The summed E-state index contributed by atoms with van der Waals surface area (Å²) in [4.78, 5) is 14.1. The fraction of sp³-hybridized carbons (Fsp3) is 0.429. The highest BCUT2D eigenvalue weighted by atomic mass is 32.1. The summed E-state index contributed by atoms with van der Waals surface area (Å²) >= 11 is 4.86. The maximum Gasteiger partial charge on any atom is 0.222 e. The van der Waals surface area contributed by atoms with E-state index in [2.05, 4.69) is 12.1 Å². The van der Waals surface area contributed by atoms with Crippen LogP contribution in [0.5, 0.6) is 0 Å². The molecule has 0 aromatic heterocycles. The van der Waals surface area contributed by atoms with Gasteiger partial charge in [-0.15, -0.1) is 0 Å².